The molecule has 0 spiro atoms. The number of carbonyl (C=O) groups is 1. The molecule has 0 radical (unpaired) electrons. The summed E-state index contributed by atoms with van der Waals surface area (Å²) in [6.45, 7) is 0. The summed E-state index contributed by atoms with van der Waals surface area (Å²) in [5.74, 6) is -1.19. The van der Waals surface area contributed by atoms with Crippen LogP contribution < -0.4 is 20.7 Å². The van der Waals surface area contributed by atoms with Crippen LogP contribution in [-0.2, 0) is 23.4 Å². The van der Waals surface area contributed by atoms with Gasteiger partial charge >= 0.3 is 11.9 Å². The highest BCUT2D eigenvalue weighted by atomic mass is 35.5. The van der Waals surface area contributed by atoms with Crippen LogP contribution in [0.5, 0.6) is 0 Å². The first kappa shape index (κ1) is 29.0. The standard InChI is InChI=1S/C13H6Cl2F4N2O3.C7H10N2O2S/c1-20-9(13(17,18)19)4-10(22)21(12(20)24)8-2-5(11(15)23)6(14)3-7(8)16;1-9(12(8,10)11)7-5-3-2-4-6-7/h2-4H,1H3;2-6H,1H3,(H2,8,10,11). The fourth-order valence-electron chi connectivity index (χ4n) is 2.76. The SMILES string of the molecule is CN(c1ccccc1)S(N)(=O)=O.Cn1c(C(F)(F)F)cc(=O)n(-c2cc(C(=O)Cl)c(Cl)cc2F)c1=O. The van der Waals surface area contributed by atoms with E-state index >= 15 is 0 Å². The smallest absolute Gasteiger partial charge is 0.292 e. The summed E-state index contributed by atoms with van der Waals surface area (Å²) in [5, 5.41) is 3.43. The Kier molecular flexibility index (Phi) is 8.73. The van der Waals surface area contributed by atoms with Crippen molar-refractivity contribution in [3.8, 4) is 5.69 Å². The van der Waals surface area contributed by atoms with Gasteiger partial charge in [-0.2, -0.15) is 21.6 Å². The zero-order valence-corrected chi connectivity index (χ0v) is 20.6. The molecule has 0 unspecified atom stereocenters. The third-order valence-electron chi connectivity index (χ3n) is 4.60. The van der Waals surface area contributed by atoms with Crippen molar-refractivity contribution >= 4 is 44.3 Å². The maximum Gasteiger partial charge on any atom is 0.431 e. The first-order valence-electron chi connectivity index (χ1n) is 9.38. The van der Waals surface area contributed by atoms with E-state index in [1.807, 2.05) is 0 Å². The number of rotatable bonds is 4. The number of nitrogens with zero attached hydrogens (tertiary/aromatic N) is 3. The van der Waals surface area contributed by atoms with Crippen LogP contribution in [0.3, 0.4) is 0 Å². The molecule has 16 heteroatoms. The quantitative estimate of drug-likeness (QED) is 0.381. The van der Waals surface area contributed by atoms with Crippen LogP contribution >= 0.6 is 23.2 Å². The molecule has 0 fully saturated rings. The molecule has 0 bridgehead atoms. The summed E-state index contributed by atoms with van der Waals surface area (Å²) < 4.78 is 75.4. The zero-order valence-electron chi connectivity index (χ0n) is 18.3. The largest absolute Gasteiger partial charge is 0.431 e. The van der Waals surface area contributed by atoms with Crippen LogP contribution in [0.1, 0.15) is 16.1 Å². The van der Waals surface area contributed by atoms with E-state index in [0.29, 0.717) is 17.8 Å². The molecule has 0 atom stereocenters. The third kappa shape index (κ3) is 6.51. The molecule has 0 saturated carbocycles. The molecule has 3 aromatic rings. The fraction of sp³-hybridized carbons (Fsp3) is 0.150. The molecule has 1 aromatic heterocycles. The van der Waals surface area contributed by atoms with Crippen LogP contribution in [0.2, 0.25) is 5.02 Å². The number of nitrogens with two attached hydrogens (primary N) is 1. The number of carbonyl (C=O) groups excluding carboxylic acids is 1. The molecular formula is C20H16Cl2F4N4O5S. The first-order chi connectivity index (χ1) is 16.5. The number of anilines is 1. The van der Waals surface area contributed by atoms with Crippen molar-refractivity contribution in [3.05, 3.63) is 91.5 Å². The van der Waals surface area contributed by atoms with Gasteiger partial charge in [-0.15, -0.1) is 0 Å². The van der Waals surface area contributed by atoms with Gasteiger partial charge in [-0.3, -0.25) is 18.5 Å². The Labute approximate surface area is 211 Å². The molecule has 0 aliphatic rings. The minimum absolute atomic E-state index is 0.137. The molecule has 194 valence electrons. The number of benzene rings is 2. The van der Waals surface area contributed by atoms with E-state index in [4.69, 9.17) is 28.3 Å². The minimum Gasteiger partial charge on any atom is -0.292 e. The summed E-state index contributed by atoms with van der Waals surface area (Å²) >= 11 is 10.9. The average Bonchev–Trinajstić information content (AvgIpc) is 2.76. The van der Waals surface area contributed by atoms with Gasteiger partial charge in [0.2, 0.25) is 0 Å². The molecule has 0 aliphatic heterocycles. The van der Waals surface area contributed by atoms with E-state index in [9.17, 15) is 40.4 Å². The molecule has 9 nitrogen and oxygen atoms in total. The van der Waals surface area contributed by atoms with Crippen molar-refractivity contribution < 1.29 is 30.8 Å². The molecule has 36 heavy (non-hydrogen) atoms. The van der Waals surface area contributed by atoms with Crippen molar-refractivity contribution in [2.24, 2.45) is 12.2 Å². The third-order valence-corrected chi connectivity index (χ3v) is 6.09. The van der Waals surface area contributed by atoms with Gasteiger partial charge in [0.05, 0.1) is 22.0 Å². The van der Waals surface area contributed by atoms with Crippen LogP contribution in [0.4, 0.5) is 23.2 Å². The monoisotopic (exact) mass is 570 g/mol. The van der Waals surface area contributed by atoms with Crippen LogP contribution in [0.15, 0.2) is 58.1 Å². The van der Waals surface area contributed by atoms with Gasteiger partial charge in [0.25, 0.3) is 21.0 Å². The fourth-order valence-corrected chi connectivity index (χ4v) is 3.62. The second-order valence-corrected chi connectivity index (χ2v) is 9.28. The summed E-state index contributed by atoms with van der Waals surface area (Å²) in [6.07, 6.45) is -4.96. The molecule has 2 aromatic carbocycles. The molecule has 3 rings (SSSR count). The Morgan fingerprint density at radius 2 is 1.64 bits per heavy atom. The van der Waals surface area contributed by atoms with Crippen molar-refractivity contribution in [1.82, 2.24) is 9.13 Å². The number of aromatic nitrogens is 2. The predicted molar refractivity (Wildman–Crippen MR) is 125 cm³/mol. The van der Waals surface area contributed by atoms with E-state index in [2.05, 4.69) is 0 Å². The average molecular weight is 571 g/mol. The Bertz CT molecular complexity index is 1520. The Hall–Kier alpha value is -3.20. The summed E-state index contributed by atoms with van der Waals surface area (Å²) in [5.41, 5.74) is -4.99. The number of hydrogen-bond acceptors (Lipinski definition) is 5. The Morgan fingerprint density at radius 3 is 2.11 bits per heavy atom. The number of halogens is 6. The van der Waals surface area contributed by atoms with E-state index in [1.54, 1.807) is 30.3 Å². The molecule has 2 N–H and O–H groups in total. The number of alkyl halides is 3. The lowest BCUT2D eigenvalue weighted by molar-refractivity contribution is -0.144. The summed E-state index contributed by atoms with van der Waals surface area (Å²) in [4.78, 5) is 35.2. The van der Waals surface area contributed by atoms with Crippen LogP contribution in [0.25, 0.3) is 5.69 Å². The Morgan fingerprint density at radius 1 is 1.08 bits per heavy atom. The highest BCUT2D eigenvalue weighted by Gasteiger charge is 2.35. The van der Waals surface area contributed by atoms with Gasteiger partial charge in [-0.05, 0) is 35.9 Å². The highest BCUT2D eigenvalue weighted by Crippen LogP contribution is 2.28. The van der Waals surface area contributed by atoms with Gasteiger partial charge < -0.3 is 0 Å². The molecule has 0 amide bonds. The molecule has 1 heterocycles. The van der Waals surface area contributed by atoms with E-state index in [-0.39, 0.29) is 20.2 Å². The van der Waals surface area contributed by atoms with Gasteiger partial charge in [-0.25, -0.2) is 18.9 Å². The van der Waals surface area contributed by atoms with Crippen molar-refractivity contribution in [1.29, 1.82) is 0 Å². The maximum absolute atomic E-state index is 14.0. The molecule has 0 saturated heterocycles. The minimum atomic E-state index is -4.96. The lowest BCUT2D eigenvalue weighted by Crippen LogP contribution is -2.41. The second-order valence-electron chi connectivity index (χ2n) is 6.95. The van der Waals surface area contributed by atoms with Gasteiger partial charge in [0.1, 0.15) is 11.5 Å². The lowest BCUT2D eigenvalue weighted by atomic mass is 10.2. The molecule has 0 aliphatic carbocycles. The van der Waals surface area contributed by atoms with E-state index in [1.165, 1.54) is 7.05 Å². The second kappa shape index (κ2) is 10.8. The van der Waals surface area contributed by atoms with Crippen molar-refractivity contribution in [3.63, 3.8) is 0 Å². The van der Waals surface area contributed by atoms with E-state index in [0.717, 1.165) is 11.4 Å². The number of para-hydroxylation sites is 1. The van der Waals surface area contributed by atoms with Gasteiger partial charge in [0.15, 0.2) is 0 Å². The predicted octanol–water partition coefficient (Wildman–Crippen LogP) is 3.05. The van der Waals surface area contributed by atoms with Crippen molar-refractivity contribution in [2.75, 3.05) is 11.4 Å². The lowest BCUT2D eigenvalue weighted by Gasteiger charge is -2.15. The van der Waals surface area contributed by atoms with Gasteiger partial charge in [0, 0.05) is 20.2 Å². The summed E-state index contributed by atoms with van der Waals surface area (Å²) in [6, 6.07) is 10.1. The molecular weight excluding hydrogens is 555 g/mol. The van der Waals surface area contributed by atoms with Crippen LogP contribution in [-0.4, -0.2) is 29.8 Å². The number of hydrogen-bond donors (Lipinski definition) is 1. The maximum atomic E-state index is 14.0. The first-order valence-corrected chi connectivity index (χ1v) is 11.6. The van der Waals surface area contributed by atoms with Crippen molar-refractivity contribution in [2.45, 2.75) is 6.18 Å². The normalized spacial score (nSPS) is 11.5. The zero-order chi connectivity index (χ0) is 27.6. The summed E-state index contributed by atoms with van der Waals surface area (Å²) in [7, 11) is -1.45. The Balaban J connectivity index is 0.000000319. The highest BCUT2D eigenvalue weighted by molar-refractivity contribution is 7.90. The van der Waals surface area contributed by atoms with Gasteiger partial charge in [-0.1, -0.05) is 29.8 Å². The van der Waals surface area contributed by atoms with E-state index < -0.39 is 55.6 Å². The van der Waals surface area contributed by atoms with Crippen LogP contribution in [0, 0.1) is 5.82 Å². The topological polar surface area (TPSA) is 124 Å².